The number of halogens is 1. The fraction of sp³-hybridized carbons (Fsp3) is 0.273. The van der Waals surface area contributed by atoms with Crippen LogP contribution in [0.25, 0.3) is 15.9 Å². The molecule has 222 valence electrons. The summed E-state index contributed by atoms with van der Waals surface area (Å²) in [6.07, 6.45) is 4.84. The van der Waals surface area contributed by atoms with Crippen molar-refractivity contribution in [2.45, 2.75) is 44.6 Å². The zero-order chi connectivity index (χ0) is 30.4. The third-order valence-corrected chi connectivity index (χ3v) is 8.43. The summed E-state index contributed by atoms with van der Waals surface area (Å²) < 4.78 is 34.9. The van der Waals surface area contributed by atoms with Gasteiger partial charge in [-0.25, -0.2) is 24.0 Å². The summed E-state index contributed by atoms with van der Waals surface area (Å²) >= 11 is 0. The van der Waals surface area contributed by atoms with Crippen molar-refractivity contribution < 1.29 is 28.2 Å². The second-order valence-corrected chi connectivity index (χ2v) is 11.2. The quantitative estimate of drug-likeness (QED) is 0.214. The molecule has 2 aliphatic heterocycles. The Kier molecular flexibility index (Phi) is 6.78. The first-order valence-electron chi connectivity index (χ1n) is 14.3. The zero-order valence-electron chi connectivity index (χ0n) is 23.9. The van der Waals surface area contributed by atoms with E-state index in [4.69, 9.17) is 25.4 Å². The number of carboxylic acid groups (broad SMARTS) is 1. The van der Waals surface area contributed by atoms with Gasteiger partial charge in [-0.15, -0.1) is 0 Å². The molecule has 0 saturated carbocycles. The van der Waals surface area contributed by atoms with Crippen molar-refractivity contribution in [2.75, 3.05) is 13.1 Å². The molecule has 5 aromatic rings. The maximum atomic E-state index is 14.9. The number of ether oxygens (including phenoxy) is 2. The minimum atomic E-state index is -1.34. The van der Waals surface area contributed by atoms with Gasteiger partial charge in [0.15, 0.2) is 17.2 Å². The van der Waals surface area contributed by atoms with Crippen LogP contribution in [0.15, 0.2) is 71.5 Å². The Hall–Kier alpha value is -5.21. The molecule has 11 heteroatoms. The Balaban J connectivity index is 1.09. The van der Waals surface area contributed by atoms with Gasteiger partial charge in [0.2, 0.25) is 5.89 Å². The number of carboxylic acids is 1. The van der Waals surface area contributed by atoms with Gasteiger partial charge in [0.05, 0.1) is 41.5 Å². The van der Waals surface area contributed by atoms with Crippen LogP contribution in [0.1, 0.15) is 58.9 Å². The van der Waals surface area contributed by atoms with E-state index < -0.39 is 17.6 Å². The highest BCUT2D eigenvalue weighted by Crippen LogP contribution is 2.50. The van der Waals surface area contributed by atoms with Crippen LogP contribution in [0.2, 0.25) is 0 Å². The molecule has 1 N–H and O–H groups in total. The topological polar surface area (TPSA) is 107 Å². The van der Waals surface area contributed by atoms with Crippen molar-refractivity contribution in [3.8, 4) is 11.5 Å². The average molecular weight is 594 g/mol. The van der Waals surface area contributed by atoms with Gasteiger partial charge in [-0.1, -0.05) is 24.3 Å². The van der Waals surface area contributed by atoms with Crippen LogP contribution in [0, 0.1) is 12.4 Å². The molecule has 0 radical (unpaired) electrons. The Morgan fingerprint density at radius 1 is 1.14 bits per heavy atom. The molecule has 0 aliphatic carbocycles. The lowest BCUT2D eigenvalue weighted by atomic mass is 9.88. The summed E-state index contributed by atoms with van der Waals surface area (Å²) in [7, 11) is 0. The molecular weight excluding hydrogens is 565 g/mol. The lowest BCUT2D eigenvalue weighted by Crippen LogP contribution is -2.34. The summed E-state index contributed by atoms with van der Waals surface area (Å²) in [6.45, 7) is 11.4. The second-order valence-electron chi connectivity index (χ2n) is 11.2. The Morgan fingerprint density at radius 2 is 1.98 bits per heavy atom. The molecular formula is C33H28FN5O5. The van der Waals surface area contributed by atoms with E-state index in [1.807, 2.05) is 22.8 Å². The number of imidazole rings is 1. The molecule has 44 heavy (non-hydrogen) atoms. The third kappa shape index (κ3) is 4.93. The molecule has 4 heterocycles. The van der Waals surface area contributed by atoms with E-state index in [9.17, 15) is 14.3 Å². The second kappa shape index (κ2) is 10.8. The molecule has 10 nitrogen and oxygen atoms in total. The summed E-state index contributed by atoms with van der Waals surface area (Å²) in [5.74, 6) is -0.150. The van der Waals surface area contributed by atoms with Crippen molar-refractivity contribution in [1.29, 1.82) is 0 Å². The molecule has 2 aromatic heterocycles. The third-order valence-electron chi connectivity index (χ3n) is 8.43. The van der Waals surface area contributed by atoms with Gasteiger partial charge in [-0.3, -0.25) is 4.90 Å². The molecule has 2 aliphatic rings. The summed E-state index contributed by atoms with van der Waals surface area (Å²) in [5, 5.41) is 9.54. The SMILES string of the molecule is [C-]#[N+]c1ccc(C2(C)Oc3cccc(C4CCN(Cc5nc6ccc(C(=O)O)cc6n5Cc5ncco5)CC4)c3O2)c(F)c1. The molecule has 1 atom stereocenters. The van der Waals surface area contributed by atoms with Gasteiger partial charge in [-0.05, 0) is 62.2 Å². The van der Waals surface area contributed by atoms with Crippen molar-refractivity contribution in [3.05, 3.63) is 113 Å². The molecule has 3 aromatic carbocycles. The fourth-order valence-electron chi connectivity index (χ4n) is 6.19. The van der Waals surface area contributed by atoms with Crippen molar-refractivity contribution in [1.82, 2.24) is 19.4 Å². The molecule has 1 fully saturated rings. The smallest absolute Gasteiger partial charge is 0.335 e. The van der Waals surface area contributed by atoms with Gasteiger partial charge in [-0.2, -0.15) is 0 Å². The Morgan fingerprint density at radius 3 is 2.70 bits per heavy atom. The molecule has 0 spiro atoms. The van der Waals surface area contributed by atoms with E-state index >= 15 is 0 Å². The van der Waals surface area contributed by atoms with E-state index in [-0.39, 0.29) is 22.7 Å². The number of hydrogen-bond acceptors (Lipinski definition) is 7. The zero-order valence-corrected chi connectivity index (χ0v) is 23.9. The fourth-order valence-corrected chi connectivity index (χ4v) is 6.19. The molecule has 0 bridgehead atoms. The van der Waals surface area contributed by atoms with E-state index in [2.05, 4.69) is 14.7 Å². The van der Waals surface area contributed by atoms with Crippen molar-refractivity contribution >= 4 is 22.7 Å². The molecule has 7 rings (SSSR count). The van der Waals surface area contributed by atoms with Crippen LogP contribution in [-0.4, -0.2) is 43.6 Å². The number of likely N-dealkylation sites (tertiary alicyclic amines) is 1. The van der Waals surface area contributed by atoms with Crippen LogP contribution in [-0.2, 0) is 18.9 Å². The number of hydrogen-bond donors (Lipinski definition) is 1. The van der Waals surface area contributed by atoms with Crippen molar-refractivity contribution in [3.63, 3.8) is 0 Å². The van der Waals surface area contributed by atoms with Gasteiger partial charge >= 0.3 is 5.97 Å². The predicted octanol–water partition coefficient (Wildman–Crippen LogP) is 6.48. The monoisotopic (exact) mass is 593 g/mol. The first kappa shape index (κ1) is 27.6. The average Bonchev–Trinajstić information content (AvgIpc) is 3.75. The number of para-hydroxylation sites is 1. The number of benzene rings is 3. The standard InChI is InChI=1S/C33H28FN5O5/c1-33(24-8-7-22(35-2)17-25(24)34)43-28-5-3-4-23(31(28)44-33)20-10-13-38(14-11-20)18-29-37-26-9-6-21(32(40)41)16-27(26)39(29)19-30-36-12-15-42-30/h3-9,12,15-17,20H,10-11,13-14,18-19H2,1H3,(H,40,41). The van der Waals surface area contributed by atoms with E-state index in [1.165, 1.54) is 12.3 Å². The minimum Gasteiger partial charge on any atom is -0.478 e. The number of piperidine rings is 1. The first-order valence-corrected chi connectivity index (χ1v) is 14.3. The van der Waals surface area contributed by atoms with Crippen molar-refractivity contribution in [2.24, 2.45) is 0 Å². The van der Waals surface area contributed by atoms with Crippen LogP contribution >= 0.6 is 0 Å². The first-order chi connectivity index (χ1) is 21.3. The lowest BCUT2D eigenvalue weighted by Gasteiger charge is -2.32. The largest absolute Gasteiger partial charge is 0.478 e. The van der Waals surface area contributed by atoms with E-state index in [0.717, 1.165) is 37.3 Å². The number of oxazole rings is 1. The van der Waals surface area contributed by atoms with Crippen LogP contribution in [0.3, 0.4) is 0 Å². The molecule has 1 unspecified atom stereocenters. The highest BCUT2D eigenvalue weighted by Gasteiger charge is 2.43. The summed E-state index contributed by atoms with van der Waals surface area (Å²) in [4.78, 5) is 26.4. The molecule has 0 amide bonds. The highest BCUT2D eigenvalue weighted by atomic mass is 19.1. The number of nitrogens with zero attached hydrogens (tertiary/aromatic N) is 5. The Bertz CT molecular complexity index is 1920. The maximum absolute atomic E-state index is 14.9. The van der Waals surface area contributed by atoms with E-state index in [0.29, 0.717) is 41.5 Å². The van der Waals surface area contributed by atoms with Gasteiger partial charge in [0, 0.05) is 12.5 Å². The Labute approximate surface area is 252 Å². The van der Waals surface area contributed by atoms with Gasteiger partial charge < -0.3 is 23.6 Å². The number of rotatable bonds is 7. The predicted molar refractivity (Wildman–Crippen MR) is 157 cm³/mol. The van der Waals surface area contributed by atoms with E-state index in [1.54, 1.807) is 43.5 Å². The van der Waals surface area contributed by atoms with Crippen LogP contribution < -0.4 is 9.47 Å². The number of carbonyl (C=O) groups is 1. The summed E-state index contributed by atoms with van der Waals surface area (Å²) in [6, 6.07) is 15.1. The normalized spacial score (nSPS) is 18.5. The number of aromatic nitrogens is 3. The molecule has 1 saturated heterocycles. The highest BCUT2D eigenvalue weighted by molar-refractivity contribution is 5.92. The van der Waals surface area contributed by atoms with Gasteiger partial charge in [0.25, 0.3) is 5.79 Å². The van der Waals surface area contributed by atoms with Crippen LogP contribution in [0.5, 0.6) is 11.5 Å². The lowest BCUT2D eigenvalue weighted by molar-refractivity contribution is -0.0711. The van der Waals surface area contributed by atoms with Crippen LogP contribution in [0.4, 0.5) is 10.1 Å². The minimum absolute atomic E-state index is 0.194. The number of fused-ring (bicyclic) bond motifs is 2. The maximum Gasteiger partial charge on any atom is 0.335 e. The van der Waals surface area contributed by atoms with Gasteiger partial charge in [0.1, 0.15) is 24.4 Å². The summed E-state index contributed by atoms with van der Waals surface area (Å²) in [5.41, 5.74) is 3.11. The number of aromatic carboxylic acids is 1.